The van der Waals surface area contributed by atoms with Gasteiger partial charge in [0, 0.05) is 33.2 Å². The van der Waals surface area contributed by atoms with Gasteiger partial charge in [-0.05, 0) is 59.8 Å². The number of ketones is 1. The number of rotatable bonds is 13. The van der Waals surface area contributed by atoms with Crippen molar-refractivity contribution in [2.75, 3.05) is 28.1 Å². The molecule has 0 aromatic heterocycles. The quantitative estimate of drug-likeness (QED) is 0.276. The van der Waals surface area contributed by atoms with Crippen molar-refractivity contribution in [3.63, 3.8) is 0 Å². The molecular formula is C26H44O5. The topological polar surface area (TPSA) is 54.0 Å². The van der Waals surface area contributed by atoms with E-state index in [-0.39, 0.29) is 30.5 Å². The number of Topliss-reactive ketones (excluding diaryl/α,β-unsaturated/α-hetero) is 1. The largest absolute Gasteiger partial charge is 0.376 e. The molecule has 0 spiro atoms. The lowest BCUT2D eigenvalue weighted by molar-refractivity contribution is -0.199. The normalized spacial score (nSPS) is 27.5. The minimum atomic E-state index is -0.609. The Bertz CT molecular complexity index is 630. The van der Waals surface area contributed by atoms with E-state index in [9.17, 15) is 4.79 Å². The Morgan fingerprint density at radius 3 is 2.03 bits per heavy atom. The van der Waals surface area contributed by atoms with Crippen molar-refractivity contribution >= 4 is 5.78 Å². The van der Waals surface area contributed by atoms with E-state index < -0.39 is 12.2 Å². The minimum absolute atomic E-state index is 0.0234. The molecule has 31 heavy (non-hydrogen) atoms. The predicted octanol–water partition coefficient (Wildman–Crippen LogP) is 5.65. The van der Waals surface area contributed by atoms with Crippen LogP contribution in [-0.4, -0.2) is 52.2 Å². The van der Waals surface area contributed by atoms with Gasteiger partial charge in [-0.25, -0.2) is 0 Å². The molecule has 0 amide bonds. The Kier molecular flexibility index (Phi) is 13.2. The van der Waals surface area contributed by atoms with E-state index in [0.29, 0.717) is 0 Å². The van der Waals surface area contributed by atoms with Crippen LogP contribution in [0.5, 0.6) is 0 Å². The number of hydrogen-bond acceptors (Lipinski definition) is 5. The highest BCUT2D eigenvalue weighted by Gasteiger charge is 2.49. The maximum absolute atomic E-state index is 12.9. The molecule has 0 aliphatic heterocycles. The first-order valence-corrected chi connectivity index (χ1v) is 11.4. The van der Waals surface area contributed by atoms with Gasteiger partial charge in [-0.3, -0.25) is 4.79 Å². The molecule has 1 aliphatic carbocycles. The Labute approximate surface area is 189 Å². The molecule has 0 aromatic rings. The van der Waals surface area contributed by atoms with Crippen LogP contribution < -0.4 is 0 Å². The zero-order valence-corrected chi connectivity index (χ0v) is 20.9. The molecule has 1 fully saturated rings. The lowest BCUT2D eigenvalue weighted by Crippen LogP contribution is -2.58. The standard InChI is InChI=1S/C26H44O5/c1-18(2)11-9-12-19(3)13-10-14-20(4)15-16-22-21(5)23(27)25(29-7)26(30-8)24(22)31-17-28-6/h11,13,15,21-22,24-26H,9-10,12,14,16-17H2,1-8H3/b19-13+,20-15+/t21-,22-,24-,25-,26+/m1/s1. The van der Waals surface area contributed by atoms with Gasteiger partial charge in [0.25, 0.3) is 0 Å². The fraction of sp³-hybridized carbons (Fsp3) is 0.731. The molecule has 0 heterocycles. The van der Waals surface area contributed by atoms with E-state index >= 15 is 0 Å². The Morgan fingerprint density at radius 2 is 1.48 bits per heavy atom. The number of methoxy groups -OCH3 is 3. The molecule has 0 bridgehead atoms. The van der Waals surface area contributed by atoms with Crippen molar-refractivity contribution < 1.29 is 23.7 Å². The highest BCUT2D eigenvalue weighted by Crippen LogP contribution is 2.36. The summed E-state index contributed by atoms with van der Waals surface area (Å²) in [5.74, 6) is -0.0626. The van der Waals surface area contributed by atoms with Crippen LogP contribution in [0.3, 0.4) is 0 Å². The van der Waals surface area contributed by atoms with Crippen LogP contribution in [0.1, 0.15) is 66.7 Å². The molecule has 178 valence electrons. The summed E-state index contributed by atoms with van der Waals surface area (Å²) < 4.78 is 22.2. The van der Waals surface area contributed by atoms with Crippen molar-refractivity contribution in [2.24, 2.45) is 11.8 Å². The minimum Gasteiger partial charge on any atom is -0.376 e. The van der Waals surface area contributed by atoms with Gasteiger partial charge in [-0.2, -0.15) is 0 Å². The summed E-state index contributed by atoms with van der Waals surface area (Å²) in [4.78, 5) is 12.9. The monoisotopic (exact) mass is 436 g/mol. The number of allylic oxidation sites excluding steroid dienone is 6. The van der Waals surface area contributed by atoms with Crippen molar-refractivity contribution in [2.45, 2.75) is 85.0 Å². The number of carbonyl (C=O) groups is 1. The van der Waals surface area contributed by atoms with Crippen LogP contribution >= 0.6 is 0 Å². The summed E-state index contributed by atoms with van der Waals surface area (Å²) in [6, 6.07) is 0. The average Bonchev–Trinajstić information content (AvgIpc) is 2.73. The van der Waals surface area contributed by atoms with Gasteiger partial charge in [0.05, 0.1) is 6.10 Å². The van der Waals surface area contributed by atoms with E-state index in [1.165, 1.54) is 16.7 Å². The third-order valence-electron chi connectivity index (χ3n) is 6.18. The van der Waals surface area contributed by atoms with Crippen LogP contribution in [0.4, 0.5) is 0 Å². The first-order chi connectivity index (χ1) is 14.8. The maximum Gasteiger partial charge on any atom is 0.167 e. The predicted molar refractivity (Wildman–Crippen MR) is 126 cm³/mol. The van der Waals surface area contributed by atoms with Crippen LogP contribution in [0.25, 0.3) is 0 Å². The molecule has 1 aliphatic rings. The molecule has 0 saturated heterocycles. The third kappa shape index (κ3) is 9.01. The summed E-state index contributed by atoms with van der Waals surface area (Å²) in [7, 11) is 4.75. The first-order valence-electron chi connectivity index (χ1n) is 11.4. The first kappa shape index (κ1) is 27.8. The highest BCUT2D eigenvalue weighted by molar-refractivity contribution is 5.87. The number of ether oxygens (including phenoxy) is 4. The van der Waals surface area contributed by atoms with Crippen molar-refractivity contribution in [3.05, 3.63) is 34.9 Å². The molecular weight excluding hydrogens is 392 g/mol. The molecule has 0 aromatic carbocycles. The second-order valence-electron chi connectivity index (χ2n) is 8.94. The highest BCUT2D eigenvalue weighted by atomic mass is 16.7. The Balaban J connectivity index is 2.76. The zero-order valence-electron chi connectivity index (χ0n) is 20.9. The second-order valence-corrected chi connectivity index (χ2v) is 8.94. The Morgan fingerprint density at radius 1 is 0.871 bits per heavy atom. The second kappa shape index (κ2) is 14.7. The number of carbonyl (C=O) groups excluding carboxylic acids is 1. The summed E-state index contributed by atoms with van der Waals surface area (Å²) in [6.45, 7) is 10.8. The molecule has 0 radical (unpaired) electrons. The van der Waals surface area contributed by atoms with Gasteiger partial charge >= 0.3 is 0 Å². The zero-order chi connectivity index (χ0) is 23.4. The van der Waals surface area contributed by atoms with Crippen molar-refractivity contribution in [3.8, 4) is 0 Å². The molecule has 0 N–H and O–H groups in total. The van der Waals surface area contributed by atoms with E-state index in [2.05, 4.69) is 45.9 Å². The SMILES string of the molecule is COCO[C@@H]1[C@H](C/C=C(\C)CC/C=C(\C)CCC=C(C)C)[C@@H](C)C(=O)[C@@H](OC)[C@H]1OC. The third-order valence-corrected chi connectivity index (χ3v) is 6.18. The Hall–Kier alpha value is -1.27. The maximum atomic E-state index is 12.9. The van der Waals surface area contributed by atoms with Crippen molar-refractivity contribution in [1.29, 1.82) is 0 Å². The molecule has 5 nitrogen and oxygen atoms in total. The van der Waals surface area contributed by atoms with E-state index in [1.54, 1.807) is 21.3 Å². The lowest BCUT2D eigenvalue weighted by atomic mass is 9.72. The molecule has 5 atom stereocenters. The molecule has 5 heteroatoms. The van der Waals surface area contributed by atoms with E-state index in [4.69, 9.17) is 18.9 Å². The summed E-state index contributed by atoms with van der Waals surface area (Å²) in [5.41, 5.74) is 4.15. The van der Waals surface area contributed by atoms with Crippen LogP contribution in [0, 0.1) is 11.8 Å². The smallest absolute Gasteiger partial charge is 0.167 e. The van der Waals surface area contributed by atoms with E-state index in [0.717, 1.165) is 32.1 Å². The van der Waals surface area contributed by atoms with Crippen LogP contribution in [0.2, 0.25) is 0 Å². The van der Waals surface area contributed by atoms with Gasteiger partial charge < -0.3 is 18.9 Å². The fourth-order valence-corrected chi connectivity index (χ4v) is 4.22. The molecule has 0 unspecified atom stereocenters. The van der Waals surface area contributed by atoms with Gasteiger partial charge in [0.1, 0.15) is 19.0 Å². The van der Waals surface area contributed by atoms with Gasteiger partial charge in [0.15, 0.2) is 5.78 Å². The fourth-order valence-electron chi connectivity index (χ4n) is 4.22. The van der Waals surface area contributed by atoms with Gasteiger partial charge in [0.2, 0.25) is 0 Å². The van der Waals surface area contributed by atoms with E-state index in [1.807, 2.05) is 6.92 Å². The summed E-state index contributed by atoms with van der Waals surface area (Å²) in [5, 5.41) is 0. The summed E-state index contributed by atoms with van der Waals surface area (Å²) in [6.07, 6.45) is 10.6. The van der Waals surface area contributed by atoms with Gasteiger partial charge in [-0.15, -0.1) is 0 Å². The average molecular weight is 437 g/mol. The summed E-state index contributed by atoms with van der Waals surface area (Å²) >= 11 is 0. The van der Waals surface area contributed by atoms with Gasteiger partial charge in [-0.1, -0.05) is 41.9 Å². The van der Waals surface area contributed by atoms with Crippen molar-refractivity contribution in [1.82, 2.24) is 0 Å². The molecule has 1 saturated carbocycles. The number of hydrogen-bond donors (Lipinski definition) is 0. The lowest BCUT2D eigenvalue weighted by Gasteiger charge is -2.43. The molecule has 1 rings (SSSR count). The van der Waals surface area contributed by atoms with Crippen LogP contribution in [-0.2, 0) is 23.7 Å². The van der Waals surface area contributed by atoms with Crippen LogP contribution in [0.15, 0.2) is 34.9 Å².